The van der Waals surface area contributed by atoms with Gasteiger partial charge in [0.2, 0.25) is 5.91 Å². The van der Waals surface area contributed by atoms with Gasteiger partial charge in [0.05, 0.1) is 11.1 Å². The normalized spacial score (nSPS) is 26.2. The molecular formula is C16H24N2O2S. The van der Waals surface area contributed by atoms with E-state index in [0.717, 1.165) is 57.5 Å². The van der Waals surface area contributed by atoms with Crippen LogP contribution >= 0.6 is 11.3 Å². The number of nitrogens with zero attached hydrogens (tertiary/aromatic N) is 2. The number of carbonyl (C=O) groups excluding carboxylic acids is 1. The summed E-state index contributed by atoms with van der Waals surface area (Å²) < 4.78 is 5.60. The van der Waals surface area contributed by atoms with E-state index >= 15 is 0 Å². The summed E-state index contributed by atoms with van der Waals surface area (Å²) in [5.74, 6) is 0.729. The molecule has 2 saturated heterocycles. The fraction of sp³-hybridized carbons (Fsp3) is 0.750. The molecular weight excluding hydrogens is 284 g/mol. The Morgan fingerprint density at radius 1 is 1.48 bits per heavy atom. The highest BCUT2D eigenvalue weighted by Gasteiger charge is 2.27. The van der Waals surface area contributed by atoms with Gasteiger partial charge in [0.25, 0.3) is 0 Å². The predicted molar refractivity (Wildman–Crippen MR) is 83.6 cm³/mol. The molecule has 1 aromatic rings. The number of rotatable bonds is 4. The lowest BCUT2D eigenvalue weighted by Crippen LogP contribution is -2.39. The SMILES string of the molecule is Cc1csc([C@@H]2CCCN(C(=O)CC[C@@H]3CCCO3)C2)n1. The van der Waals surface area contributed by atoms with Crippen LogP contribution in [0.15, 0.2) is 5.38 Å². The lowest BCUT2D eigenvalue weighted by atomic mass is 9.98. The summed E-state index contributed by atoms with van der Waals surface area (Å²) in [7, 11) is 0. The van der Waals surface area contributed by atoms with Gasteiger partial charge < -0.3 is 9.64 Å². The van der Waals surface area contributed by atoms with E-state index < -0.39 is 0 Å². The third-order valence-corrected chi connectivity index (χ3v) is 5.59. The maximum Gasteiger partial charge on any atom is 0.222 e. The Labute approximate surface area is 130 Å². The van der Waals surface area contributed by atoms with Crippen LogP contribution in [-0.4, -0.2) is 41.6 Å². The van der Waals surface area contributed by atoms with Gasteiger partial charge in [-0.25, -0.2) is 4.98 Å². The highest BCUT2D eigenvalue weighted by atomic mass is 32.1. The van der Waals surface area contributed by atoms with Gasteiger partial charge in [0.15, 0.2) is 0 Å². The van der Waals surface area contributed by atoms with E-state index in [4.69, 9.17) is 4.74 Å². The molecule has 21 heavy (non-hydrogen) atoms. The second-order valence-corrected chi connectivity index (χ2v) is 7.07. The number of ether oxygens (including phenoxy) is 1. The minimum absolute atomic E-state index is 0.295. The molecule has 2 aliphatic heterocycles. The standard InChI is InChI=1S/C16H24N2O2S/c1-12-11-21-16(17-12)13-4-2-8-18(10-13)15(19)7-6-14-5-3-9-20-14/h11,13-14H,2-10H2,1H3/t13-,14+/m1/s1. The number of thiazole rings is 1. The molecule has 2 atom stereocenters. The molecule has 0 aliphatic carbocycles. The van der Waals surface area contributed by atoms with Crippen LogP contribution in [-0.2, 0) is 9.53 Å². The molecule has 0 N–H and O–H groups in total. The van der Waals surface area contributed by atoms with Crippen molar-refractivity contribution in [1.82, 2.24) is 9.88 Å². The van der Waals surface area contributed by atoms with Crippen molar-refractivity contribution in [2.24, 2.45) is 0 Å². The van der Waals surface area contributed by atoms with E-state index in [1.165, 1.54) is 5.01 Å². The Kier molecular flexibility index (Phi) is 4.91. The average Bonchev–Trinajstić information content (AvgIpc) is 3.16. The number of amides is 1. The van der Waals surface area contributed by atoms with Gasteiger partial charge in [-0.3, -0.25) is 4.79 Å². The van der Waals surface area contributed by atoms with Crippen LogP contribution in [0.1, 0.15) is 55.1 Å². The number of piperidine rings is 1. The van der Waals surface area contributed by atoms with Crippen molar-refractivity contribution in [3.8, 4) is 0 Å². The highest BCUT2D eigenvalue weighted by Crippen LogP contribution is 2.29. The zero-order chi connectivity index (χ0) is 14.7. The molecule has 0 spiro atoms. The van der Waals surface area contributed by atoms with Crippen LogP contribution in [0, 0.1) is 6.92 Å². The summed E-state index contributed by atoms with van der Waals surface area (Å²) in [5, 5.41) is 3.30. The van der Waals surface area contributed by atoms with Crippen LogP contribution in [0.2, 0.25) is 0 Å². The molecule has 0 radical (unpaired) electrons. The van der Waals surface area contributed by atoms with Crippen molar-refractivity contribution in [3.63, 3.8) is 0 Å². The number of carbonyl (C=O) groups is 1. The zero-order valence-electron chi connectivity index (χ0n) is 12.7. The molecule has 2 aliphatic rings. The number of hydrogen-bond acceptors (Lipinski definition) is 4. The van der Waals surface area contributed by atoms with Crippen molar-refractivity contribution < 1.29 is 9.53 Å². The Morgan fingerprint density at radius 2 is 2.38 bits per heavy atom. The van der Waals surface area contributed by atoms with E-state index in [1.54, 1.807) is 11.3 Å². The van der Waals surface area contributed by atoms with Crippen molar-refractivity contribution in [3.05, 3.63) is 16.1 Å². The summed E-state index contributed by atoms with van der Waals surface area (Å²) in [6.45, 7) is 4.66. The number of likely N-dealkylation sites (tertiary alicyclic amines) is 1. The average molecular weight is 308 g/mol. The minimum Gasteiger partial charge on any atom is -0.378 e. The topological polar surface area (TPSA) is 42.4 Å². The van der Waals surface area contributed by atoms with Crippen LogP contribution in [0.5, 0.6) is 0 Å². The molecule has 0 saturated carbocycles. The lowest BCUT2D eigenvalue weighted by molar-refractivity contribution is -0.133. The Balaban J connectivity index is 1.51. The first-order valence-corrected chi connectivity index (χ1v) is 8.92. The third kappa shape index (κ3) is 3.83. The summed E-state index contributed by atoms with van der Waals surface area (Å²) >= 11 is 1.73. The molecule has 3 heterocycles. The predicted octanol–water partition coefficient (Wildman–Crippen LogP) is 3.12. The molecule has 116 valence electrons. The lowest BCUT2D eigenvalue weighted by Gasteiger charge is -2.32. The van der Waals surface area contributed by atoms with Crippen LogP contribution in [0.4, 0.5) is 0 Å². The number of aromatic nitrogens is 1. The zero-order valence-corrected chi connectivity index (χ0v) is 13.5. The monoisotopic (exact) mass is 308 g/mol. The second kappa shape index (κ2) is 6.88. The van der Waals surface area contributed by atoms with Gasteiger partial charge in [-0.15, -0.1) is 11.3 Å². The summed E-state index contributed by atoms with van der Waals surface area (Å²) in [5.41, 5.74) is 1.09. The van der Waals surface area contributed by atoms with Gasteiger partial charge in [0, 0.05) is 43.1 Å². The molecule has 0 bridgehead atoms. The molecule has 1 aromatic heterocycles. The summed E-state index contributed by atoms with van der Waals surface area (Å²) in [4.78, 5) is 19.0. The number of hydrogen-bond donors (Lipinski definition) is 0. The van der Waals surface area contributed by atoms with Crippen LogP contribution < -0.4 is 0 Å². The van der Waals surface area contributed by atoms with Crippen LogP contribution in [0.25, 0.3) is 0 Å². The van der Waals surface area contributed by atoms with Gasteiger partial charge in [-0.1, -0.05) is 0 Å². The quantitative estimate of drug-likeness (QED) is 0.858. The molecule has 5 heteroatoms. The summed E-state index contributed by atoms with van der Waals surface area (Å²) in [6.07, 6.45) is 6.35. The first kappa shape index (κ1) is 15.0. The van der Waals surface area contributed by atoms with E-state index in [2.05, 4.69) is 10.4 Å². The van der Waals surface area contributed by atoms with Gasteiger partial charge in [-0.2, -0.15) is 0 Å². The first-order chi connectivity index (χ1) is 10.2. The van der Waals surface area contributed by atoms with E-state index in [9.17, 15) is 4.79 Å². The van der Waals surface area contributed by atoms with E-state index in [1.807, 2.05) is 11.8 Å². The Bertz CT molecular complexity index is 482. The van der Waals surface area contributed by atoms with E-state index in [0.29, 0.717) is 24.3 Å². The Morgan fingerprint density at radius 3 is 3.10 bits per heavy atom. The Hall–Kier alpha value is -0.940. The molecule has 3 rings (SSSR count). The van der Waals surface area contributed by atoms with Crippen molar-refractivity contribution >= 4 is 17.2 Å². The molecule has 1 amide bonds. The fourth-order valence-electron chi connectivity index (χ4n) is 3.28. The molecule has 0 unspecified atom stereocenters. The first-order valence-electron chi connectivity index (χ1n) is 8.04. The van der Waals surface area contributed by atoms with Crippen molar-refractivity contribution in [2.45, 2.75) is 57.5 Å². The van der Waals surface area contributed by atoms with Crippen LogP contribution in [0.3, 0.4) is 0 Å². The largest absolute Gasteiger partial charge is 0.378 e. The molecule has 0 aromatic carbocycles. The third-order valence-electron chi connectivity index (χ3n) is 4.46. The number of aryl methyl sites for hydroxylation is 1. The van der Waals surface area contributed by atoms with Gasteiger partial charge in [0.1, 0.15) is 0 Å². The summed E-state index contributed by atoms with van der Waals surface area (Å²) in [6, 6.07) is 0. The van der Waals surface area contributed by atoms with Gasteiger partial charge in [-0.05, 0) is 39.0 Å². The molecule has 4 nitrogen and oxygen atoms in total. The maximum absolute atomic E-state index is 12.4. The fourth-order valence-corrected chi connectivity index (χ4v) is 4.21. The van der Waals surface area contributed by atoms with Gasteiger partial charge >= 0.3 is 0 Å². The smallest absolute Gasteiger partial charge is 0.222 e. The maximum atomic E-state index is 12.4. The van der Waals surface area contributed by atoms with Crippen molar-refractivity contribution in [1.29, 1.82) is 0 Å². The minimum atomic E-state index is 0.295. The second-order valence-electron chi connectivity index (χ2n) is 6.18. The molecule has 2 fully saturated rings. The van der Waals surface area contributed by atoms with Crippen molar-refractivity contribution in [2.75, 3.05) is 19.7 Å². The van der Waals surface area contributed by atoms with E-state index in [-0.39, 0.29) is 0 Å². The highest BCUT2D eigenvalue weighted by molar-refractivity contribution is 7.09.